The van der Waals surface area contributed by atoms with Crippen molar-refractivity contribution in [2.75, 3.05) is 0 Å². The van der Waals surface area contributed by atoms with Gasteiger partial charge < -0.3 is 5.21 Å². The molecule has 0 saturated heterocycles. The van der Waals surface area contributed by atoms with Crippen LogP contribution >= 0.6 is 0 Å². The molecule has 5 nitrogen and oxygen atoms in total. The van der Waals surface area contributed by atoms with Crippen LogP contribution in [0.3, 0.4) is 0 Å². The number of nitrogens with zero attached hydrogens (tertiary/aromatic N) is 2. The molecule has 1 aliphatic heterocycles. The summed E-state index contributed by atoms with van der Waals surface area (Å²) in [6, 6.07) is 0. The van der Waals surface area contributed by atoms with Gasteiger partial charge in [0.1, 0.15) is 5.70 Å². The quantitative estimate of drug-likeness (QED) is 0.328. The Hall–Kier alpha value is -0.910. The topological polar surface area (TPSA) is 69.1 Å². The van der Waals surface area contributed by atoms with Gasteiger partial charge in [-0.2, -0.15) is 5.84 Å². The SMILES string of the molecule is CC1=CC(C)=NN(N)[NH+]1[O-]. The van der Waals surface area contributed by atoms with Crippen LogP contribution in [-0.4, -0.2) is 10.9 Å². The van der Waals surface area contributed by atoms with Crippen LogP contribution in [0.4, 0.5) is 0 Å². The Morgan fingerprint density at radius 2 is 2.30 bits per heavy atom. The minimum absolute atomic E-state index is 0.245. The largest absolute Gasteiger partial charge is 0.600 e. The summed E-state index contributed by atoms with van der Waals surface area (Å²) in [6.45, 7) is 3.50. The van der Waals surface area contributed by atoms with Crippen molar-refractivity contribution in [1.82, 2.24) is 5.23 Å². The van der Waals surface area contributed by atoms with Crippen molar-refractivity contribution in [2.45, 2.75) is 13.8 Å². The Morgan fingerprint density at radius 1 is 1.70 bits per heavy atom. The number of hydrazine groups is 1. The number of nitrogens with one attached hydrogen (secondary N) is 1. The summed E-state index contributed by atoms with van der Waals surface area (Å²) in [4.78, 5) is 0. The molecule has 0 aliphatic carbocycles. The van der Waals surface area contributed by atoms with Crippen molar-refractivity contribution in [2.24, 2.45) is 10.9 Å². The van der Waals surface area contributed by atoms with Crippen LogP contribution < -0.4 is 11.0 Å². The van der Waals surface area contributed by atoms with Gasteiger partial charge in [-0.15, -0.1) is 5.10 Å². The molecule has 0 bridgehead atoms. The van der Waals surface area contributed by atoms with Crippen LogP contribution in [0.5, 0.6) is 0 Å². The van der Waals surface area contributed by atoms with Crippen LogP contribution in [0.15, 0.2) is 16.9 Å². The molecule has 0 saturated carbocycles. The minimum Gasteiger partial charge on any atom is -0.600 e. The highest BCUT2D eigenvalue weighted by Crippen LogP contribution is 1.90. The summed E-state index contributed by atoms with van der Waals surface area (Å²) < 4.78 is 0. The van der Waals surface area contributed by atoms with Crippen molar-refractivity contribution in [3.63, 3.8) is 0 Å². The molecule has 0 aromatic heterocycles. The number of hydrogen-bond acceptors (Lipinski definition) is 4. The molecule has 0 radical (unpaired) electrons. The van der Waals surface area contributed by atoms with E-state index in [1.54, 1.807) is 19.9 Å². The predicted molar refractivity (Wildman–Crippen MR) is 37.2 cm³/mol. The van der Waals surface area contributed by atoms with Crippen molar-refractivity contribution in [3.8, 4) is 0 Å². The summed E-state index contributed by atoms with van der Waals surface area (Å²) in [5.41, 5.74) is 1.37. The first-order chi connectivity index (χ1) is 4.61. The molecule has 1 aliphatic rings. The van der Waals surface area contributed by atoms with E-state index >= 15 is 0 Å². The first kappa shape index (κ1) is 7.20. The lowest BCUT2D eigenvalue weighted by molar-refractivity contribution is -0.942. The van der Waals surface area contributed by atoms with E-state index in [1.165, 1.54) is 0 Å². The van der Waals surface area contributed by atoms with Gasteiger partial charge in [0.15, 0.2) is 0 Å². The second kappa shape index (κ2) is 2.37. The third kappa shape index (κ3) is 1.15. The van der Waals surface area contributed by atoms with E-state index in [4.69, 9.17) is 5.84 Å². The summed E-state index contributed by atoms with van der Waals surface area (Å²) >= 11 is 0. The molecule has 0 fully saturated rings. The maximum atomic E-state index is 10.9. The van der Waals surface area contributed by atoms with E-state index in [9.17, 15) is 5.21 Å². The second-order valence-corrected chi connectivity index (χ2v) is 2.22. The van der Waals surface area contributed by atoms with Gasteiger partial charge in [-0.05, 0) is 6.92 Å². The second-order valence-electron chi connectivity index (χ2n) is 2.22. The summed E-state index contributed by atoms with van der Waals surface area (Å²) in [6.07, 6.45) is 1.70. The Labute approximate surface area is 58.9 Å². The maximum absolute atomic E-state index is 10.9. The summed E-state index contributed by atoms with van der Waals surface area (Å²) in [7, 11) is 0. The van der Waals surface area contributed by atoms with E-state index in [0.717, 1.165) is 10.9 Å². The van der Waals surface area contributed by atoms with E-state index in [2.05, 4.69) is 5.10 Å². The zero-order chi connectivity index (χ0) is 7.72. The molecule has 3 N–H and O–H groups in total. The number of hydrogen-bond donors (Lipinski definition) is 2. The monoisotopic (exact) mass is 142 g/mol. The van der Waals surface area contributed by atoms with Gasteiger partial charge in [-0.3, -0.25) is 0 Å². The van der Waals surface area contributed by atoms with Gasteiger partial charge in [0.25, 0.3) is 0 Å². The lowest BCUT2D eigenvalue weighted by Gasteiger charge is -2.29. The Kier molecular flexibility index (Phi) is 1.71. The van der Waals surface area contributed by atoms with Crippen molar-refractivity contribution in [3.05, 3.63) is 17.0 Å². The molecule has 10 heavy (non-hydrogen) atoms. The number of hydroxylamine groups is 1. The fourth-order valence-corrected chi connectivity index (χ4v) is 0.800. The van der Waals surface area contributed by atoms with E-state index in [1.807, 2.05) is 0 Å². The van der Waals surface area contributed by atoms with Crippen molar-refractivity contribution >= 4 is 5.71 Å². The smallest absolute Gasteiger partial charge is 0.133 e. The van der Waals surface area contributed by atoms with Gasteiger partial charge >= 0.3 is 0 Å². The van der Waals surface area contributed by atoms with E-state index in [-0.39, 0.29) is 5.17 Å². The zero-order valence-corrected chi connectivity index (χ0v) is 5.96. The molecular formula is C5H10N4O. The highest BCUT2D eigenvalue weighted by Gasteiger charge is 2.12. The number of quaternary nitrogens is 1. The van der Waals surface area contributed by atoms with Gasteiger partial charge in [-0.1, -0.05) is 5.23 Å². The molecule has 1 rings (SSSR count). The van der Waals surface area contributed by atoms with Crippen molar-refractivity contribution < 1.29 is 5.17 Å². The highest BCUT2D eigenvalue weighted by molar-refractivity contribution is 5.92. The number of hydrazone groups is 1. The van der Waals surface area contributed by atoms with Crippen LogP contribution in [0.25, 0.3) is 0 Å². The zero-order valence-electron chi connectivity index (χ0n) is 5.96. The van der Waals surface area contributed by atoms with Crippen LogP contribution in [-0.2, 0) is 0 Å². The number of rotatable bonds is 0. The molecule has 1 unspecified atom stereocenters. The van der Waals surface area contributed by atoms with Crippen LogP contribution in [0, 0.1) is 5.21 Å². The molecule has 1 atom stereocenters. The van der Waals surface area contributed by atoms with Crippen LogP contribution in [0.1, 0.15) is 13.8 Å². The fraction of sp³-hybridized carbons (Fsp3) is 0.400. The fourth-order valence-electron chi connectivity index (χ4n) is 0.800. The predicted octanol–water partition coefficient (Wildman–Crippen LogP) is -1.25. The number of nitrogens with two attached hydrogens (primary N) is 1. The first-order valence-electron chi connectivity index (χ1n) is 2.94. The standard InChI is InChI=1S/C5H10N4O/c1-4-3-5(2)8(10)9(6)7-4/h3,8H,6H2,1-2H3. The van der Waals surface area contributed by atoms with Gasteiger partial charge in [0.2, 0.25) is 0 Å². The van der Waals surface area contributed by atoms with E-state index < -0.39 is 0 Å². The summed E-state index contributed by atoms with van der Waals surface area (Å²) in [5, 5.41) is 15.2. The van der Waals surface area contributed by atoms with E-state index in [0.29, 0.717) is 5.70 Å². The average molecular weight is 142 g/mol. The van der Waals surface area contributed by atoms with Crippen LogP contribution in [0.2, 0.25) is 0 Å². The Balaban J connectivity index is 2.85. The molecule has 5 heteroatoms. The molecule has 1 heterocycles. The lowest BCUT2D eigenvalue weighted by atomic mass is 10.3. The lowest BCUT2D eigenvalue weighted by Crippen LogP contribution is -3.13. The molecule has 56 valence electrons. The molecular weight excluding hydrogens is 132 g/mol. The molecule has 0 amide bonds. The van der Waals surface area contributed by atoms with Crippen molar-refractivity contribution in [1.29, 1.82) is 0 Å². The highest BCUT2D eigenvalue weighted by atomic mass is 16.6. The third-order valence-electron chi connectivity index (χ3n) is 1.24. The minimum atomic E-state index is -0.245. The first-order valence-corrected chi connectivity index (χ1v) is 2.94. The molecule has 0 spiro atoms. The van der Waals surface area contributed by atoms with Gasteiger partial charge in [0, 0.05) is 13.0 Å². The van der Waals surface area contributed by atoms with Gasteiger partial charge in [-0.25, -0.2) is 5.17 Å². The Morgan fingerprint density at radius 3 is 2.80 bits per heavy atom. The maximum Gasteiger partial charge on any atom is 0.133 e. The van der Waals surface area contributed by atoms with Gasteiger partial charge in [0.05, 0.1) is 5.71 Å². The number of allylic oxidation sites excluding steroid dienone is 2. The third-order valence-corrected chi connectivity index (χ3v) is 1.24. The normalized spacial score (nSPS) is 26.0. The summed E-state index contributed by atoms with van der Waals surface area (Å²) in [5.74, 6) is 5.21. The molecule has 0 aromatic rings. The molecule has 0 aromatic carbocycles. The Bertz CT molecular complexity index is 198. The average Bonchev–Trinajstić information content (AvgIpc) is 1.82.